The second-order valence-corrected chi connectivity index (χ2v) is 6.20. The van der Waals surface area contributed by atoms with E-state index in [1.807, 2.05) is 19.9 Å². The first-order chi connectivity index (χ1) is 11.4. The molecule has 1 aliphatic rings. The molecule has 0 aliphatic carbocycles. The van der Waals surface area contributed by atoms with Crippen LogP contribution in [0.2, 0.25) is 5.02 Å². The zero-order valence-electron chi connectivity index (χ0n) is 13.8. The second-order valence-electron chi connectivity index (χ2n) is 5.79. The molecule has 1 unspecified atom stereocenters. The van der Waals surface area contributed by atoms with E-state index >= 15 is 0 Å². The van der Waals surface area contributed by atoms with Crippen molar-refractivity contribution in [1.82, 2.24) is 4.90 Å². The largest absolute Gasteiger partial charge is 0.490 e. The van der Waals surface area contributed by atoms with Gasteiger partial charge in [-0.2, -0.15) is 5.26 Å². The van der Waals surface area contributed by atoms with Crippen molar-refractivity contribution in [3.05, 3.63) is 22.7 Å². The second kappa shape index (κ2) is 7.54. The lowest BCUT2D eigenvalue weighted by molar-refractivity contribution is -0.139. The Morgan fingerprint density at radius 3 is 2.75 bits per heavy atom. The van der Waals surface area contributed by atoms with Crippen molar-refractivity contribution in [3.8, 4) is 17.6 Å². The first kappa shape index (κ1) is 18.1. The number of nitrogens with zero attached hydrogens (tertiary/aromatic N) is 2. The van der Waals surface area contributed by atoms with Gasteiger partial charge in [0.25, 0.3) is 0 Å². The molecular weight excluding hydrogens is 332 g/mol. The number of likely N-dealkylation sites (tertiary alicyclic amines) is 1. The normalized spacial score (nSPS) is 17.1. The third-order valence-corrected chi connectivity index (χ3v) is 4.04. The Balaban J connectivity index is 2.20. The Morgan fingerprint density at radius 1 is 1.50 bits per heavy atom. The van der Waals surface area contributed by atoms with Crippen molar-refractivity contribution in [3.63, 3.8) is 0 Å². The monoisotopic (exact) mass is 350 g/mol. The number of nitriles is 1. The molecule has 0 spiro atoms. The van der Waals surface area contributed by atoms with E-state index < -0.39 is 11.9 Å². The predicted molar refractivity (Wildman–Crippen MR) is 87.9 cm³/mol. The molecule has 7 heteroatoms. The van der Waals surface area contributed by atoms with Gasteiger partial charge in [-0.1, -0.05) is 11.6 Å². The van der Waals surface area contributed by atoms with Crippen molar-refractivity contribution in [1.29, 1.82) is 5.26 Å². The van der Waals surface area contributed by atoms with E-state index in [-0.39, 0.29) is 34.9 Å². The Bertz CT molecular complexity index is 697. The SMILES string of the molecule is CCOc1cc(C#N)cc(Cl)c1OC(=O)C1CC(=O)N(C(C)C)C1. The minimum Gasteiger partial charge on any atom is -0.490 e. The van der Waals surface area contributed by atoms with Crippen LogP contribution in [0.5, 0.6) is 11.5 Å². The van der Waals surface area contributed by atoms with Gasteiger partial charge in [0.05, 0.1) is 29.2 Å². The molecule has 2 rings (SSSR count). The van der Waals surface area contributed by atoms with Crippen LogP contribution in [0.4, 0.5) is 0 Å². The zero-order chi connectivity index (χ0) is 17.9. The highest BCUT2D eigenvalue weighted by molar-refractivity contribution is 6.32. The van der Waals surface area contributed by atoms with Crippen LogP contribution < -0.4 is 9.47 Å². The Labute approximate surface area is 145 Å². The van der Waals surface area contributed by atoms with Crippen molar-refractivity contribution < 1.29 is 19.1 Å². The van der Waals surface area contributed by atoms with Crippen LogP contribution in [0.15, 0.2) is 12.1 Å². The van der Waals surface area contributed by atoms with Crippen LogP contribution in [0.1, 0.15) is 32.8 Å². The lowest BCUT2D eigenvalue weighted by Gasteiger charge is -2.20. The third kappa shape index (κ3) is 3.80. The molecule has 24 heavy (non-hydrogen) atoms. The summed E-state index contributed by atoms with van der Waals surface area (Å²) in [7, 11) is 0. The molecule has 0 N–H and O–H groups in total. The van der Waals surface area contributed by atoms with E-state index in [1.54, 1.807) is 11.8 Å². The van der Waals surface area contributed by atoms with Gasteiger partial charge < -0.3 is 14.4 Å². The van der Waals surface area contributed by atoms with Crippen LogP contribution in [0.25, 0.3) is 0 Å². The molecule has 1 aromatic carbocycles. The number of rotatable bonds is 5. The van der Waals surface area contributed by atoms with Crippen molar-refractivity contribution >= 4 is 23.5 Å². The number of carbonyl (C=O) groups excluding carboxylic acids is 2. The van der Waals surface area contributed by atoms with Gasteiger partial charge in [0.1, 0.15) is 0 Å². The third-order valence-electron chi connectivity index (χ3n) is 3.76. The van der Waals surface area contributed by atoms with Gasteiger partial charge in [0, 0.05) is 25.1 Å². The highest BCUT2D eigenvalue weighted by Gasteiger charge is 2.37. The van der Waals surface area contributed by atoms with E-state index in [2.05, 4.69) is 0 Å². The number of benzene rings is 1. The molecule has 1 amide bonds. The van der Waals surface area contributed by atoms with Crippen molar-refractivity contribution in [2.45, 2.75) is 33.2 Å². The molecule has 1 aromatic rings. The molecular formula is C17H19ClN2O4. The molecule has 0 aromatic heterocycles. The van der Waals surface area contributed by atoms with Crippen molar-refractivity contribution in [2.75, 3.05) is 13.2 Å². The Kier molecular flexibility index (Phi) is 5.68. The number of amides is 1. The summed E-state index contributed by atoms with van der Waals surface area (Å²) in [6.45, 7) is 6.23. The quantitative estimate of drug-likeness (QED) is 0.602. The minimum absolute atomic E-state index is 0.0350. The summed E-state index contributed by atoms with van der Waals surface area (Å²) in [5.41, 5.74) is 0.310. The van der Waals surface area contributed by atoms with E-state index in [0.717, 1.165) is 0 Å². The van der Waals surface area contributed by atoms with Gasteiger partial charge in [0.15, 0.2) is 11.5 Å². The molecule has 128 valence electrons. The molecule has 1 fully saturated rings. The lowest BCUT2D eigenvalue weighted by atomic mass is 10.1. The molecule has 1 saturated heterocycles. The first-order valence-corrected chi connectivity index (χ1v) is 8.12. The molecule has 0 bridgehead atoms. The van der Waals surface area contributed by atoms with Gasteiger partial charge in [-0.05, 0) is 26.8 Å². The summed E-state index contributed by atoms with van der Waals surface area (Å²) < 4.78 is 10.8. The molecule has 6 nitrogen and oxygen atoms in total. The van der Waals surface area contributed by atoms with Gasteiger partial charge in [-0.25, -0.2) is 0 Å². The molecule has 1 atom stereocenters. The Morgan fingerprint density at radius 2 is 2.21 bits per heavy atom. The highest BCUT2D eigenvalue weighted by atomic mass is 35.5. The fourth-order valence-electron chi connectivity index (χ4n) is 2.57. The van der Waals surface area contributed by atoms with Crippen LogP contribution in [-0.4, -0.2) is 36.0 Å². The zero-order valence-corrected chi connectivity index (χ0v) is 14.6. The van der Waals surface area contributed by atoms with Gasteiger partial charge in [0.2, 0.25) is 5.91 Å². The van der Waals surface area contributed by atoms with E-state index in [4.69, 9.17) is 26.3 Å². The standard InChI is InChI=1S/C17H19ClN2O4/c1-4-23-14-6-11(8-19)5-13(18)16(14)24-17(22)12-7-15(21)20(9-12)10(2)3/h5-6,10,12H,4,7,9H2,1-3H3. The summed E-state index contributed by atoms with van der Waals surface area (Å²) >= 11 is 6.12. The van der Waals surface area contributed by atoms with Crippen LogP contribution >= 0.6 is 11.6 Å². The topological polar surface area (TPSA) is 79.6 Å². The van der Waals surface area contributed by atoms with Crippen LogP contribution in [0.3, 0.4) is 0 Å². The van der Waals surface area contributed by atoms with E-state index in [9.17, 15) is 9.59 Å². The van der Waals surface area contributed by atoms with Crippen LogP contribution in [0, 0.1) is 17.2 Å². The van der Waals surface area contributed by atoms with Gasteiger partial charge in [-0.15, -0.1) is 0 Å². The molecule has 0 radical (unpaired) electrons. The molecule has 1 aliphatic heterocycles. The maximum Gasteiger partial charge on any atom is 0.316 e. The predicted octanol–water partition coefficient (Wildman–Crippen LogP) is 2.77. The number of esters is 1. The summed E-state index contributed by atoms with van der Waals surface area (Å²) in [4.78, 5) is 26.0. The first-order valence-electron chi connectivity index (χ1n) is 7.75. The summed E-state index contributed by atoms with van der Waals surface area (Å²) in [5, 5.41) is 9.12. The number of ether oxygens (including phenoxy) is 2. The number of halogens is 1. The number of hydrogen-bond acceptors (Lipinski definition) is 5. The van der Waals surface area contributed by atoms with E-state index in [0.29, 0.717) is 18.7 Å². The van der Waals surface area contributed by atoms with Crippen LogP contribution in [-0.2, 0) is 9.59 Å². The van der Waals surface area contributed by atoms with E-state index in [1.165, 1.54) is 12.1 Å². The average Bonchev–Trinajstić information content (AvgIpc) is 2.92. The van der Waals surface area contributed by atoms with Gasteiger partial charge >= 0.3 is 5.97 Å². The smallest absolute Gasteiger partial charge is 0.316 e. The molecule has 1 heterocycles. The summed E-state index contributed by atoms with van der Waals surface area (Å²) in [6.07, 6.45) is 0.120. The Hall–Kier alpha value is -2.26. The van der Waals surface area contributed by atoms with Crippen molar-refractivity contribution in [2.24, 2.45) is 5.92 Å². The highest BCUT2D eigenvalue weighted by Crippen LogP contribution is 2.37. The average molecular weight is 351 g/mol. The maximum atomic E-state index is 12.4. The fraction of sp³-hybridized carbons (Fsp3) is 0.471. The van der Waals surface area contributed by atoms with Gasteiger partial charge in [-0.3, -0.25) is 9.59 Å². The lowest BCUT2D eigenvalue weighted by Crippen LogP contribution is -2.33. The number of hydrogen-bond donors (Lipinski definition) is 0. The fourth-order valence-corrected chi connectivity index (χ4v) is 2.82. The summed E-state index contributed by atoms with van der Waals surface area (Å²) in [5.74, 6) is -0.819. The number of carbonyl (C=O) groups is 2. The summed E-state index contributed by atoms with van der Waals surface area (Å²) in [6, 6.07) is 4.89. The molecule has 0 saturated carbocycles. The minimum atomic E-state index is -0.541. The maximum absolute atomic E-state index is 12.4.